The van der Waals surface area contributed by atoms with Crippen molar-refractivity contribution in [3.63, 3.8) is 0 Å². The molecule has 0 aliphatic carbocycles. The zero-order chi connectivity index (χ0) is 12.1. The van der Waals surface area contributed by atoms with Crippen LogP contribution in [0.2, 0.25) is 0 Å². The van der Waals surface area contributed by atoms with Gasteiger partial charge in [0.2, 0.25) is 0 Å². The molecule has 0 aliphatic heterocycles. The van der Waals surface area contributed by atoms with Gasteiger partial charge in [-0.15, -0.1) is 0 Å². The third kappa shape index (κ3) is 3.93. The quantitative estimate of drug-likeness (QED) is 0.830. The van der Waals surface area contributed by atoms with Gasteiger partial charge in [0.25, 0.3) is 0 Å². The highest BCUT2D eigenvalue weighted by atomic mass is 16.4. The molecule has 0 aromatic heterocycles. The minimum absolute atomic E-state index is 0.183. The van der Waals surface area contributed by atoms with Crippen LogP contribution in [0.5, 0.6) is 0 Å². The molecule has 3 heteroatoms. The molecular weight excluding hydrogens is 202 g/mol. The van der Waals surface area contributed by atoms with Gasteiger partial charge >= 0.3 is 5.97 Å². The first kappa shape index (κ1) is 12.6. The molecule has 1 N–H and O–H groups in total. The molecule has 0 radical (unpaired) electrons. The standard InChI is InChI=1S/C13H19NO2/c1-10(9-13(15)16)8-11-4-6-12(7-5-11)14(2)3/h4-7,10H,8-9H2,1-3H3,(H,15,16). The molecule has 0 bridgehead atoms. The highest BCUT2D eigenvalue weighted by molar-refractivity contribution is 5.67. The van der Waals surface area contributed by atoms with Crippen LogP contribution in [-0.4, -0.2) is 25.2 Å². The van der Waals surface area contributed by atoms with Crippen molar-refractivity contribution in [2.24, 2.45) is 5.92 Å². The van der Waals surface area contributed by atoms with Crippen molar-refractivity contribution < 1.29 is 9.90 Å². The van der Waals surface area contributed by atoms with E-state index in [4.69, 9.17) is 5.11 Å². The summed E-state index contributed by atoms with van der Waals surface area (Å²) < 4.78 is 0. The Morgan fingerprint density at radius 2 is 1.88 bits per heavy atom. The van der Waals surface area contributed by atoms with Crippen molar-refractivity contribution in [2.45, 2.75) is 19.8 Å². The van der Waals surface area contributed by atoms with Gasteiger partial charge in [0.15, 0.2) is 0 Å². The summed E-state index contributed by atoms with van der Waals surface area (Å²) in [5, 5.41) is 8.67. The Morgan fingerprint density at radius 1 is 1.31 bits per heavy atom. The molecular formula is C13H19NO2. The molecule has 1 aromatic carbocycles. The van der Waals surface area contributed by atoms with Crippen LogP contribution in [0.1, 0.15) is 18.9 Å². The molecule has 1 rings (SSSR count). The Kier molecular flexibility index (Phi) is 4.35. The number of anilines is 1. The van der Waals surface area contributed by atoms with Gasteiger partial charge in [-0.25, -0.2) is 0 Å². The summed E-state index contributed by atoms with van der Waals surface area (Å²) in [6.45, 7) is 1.97. The number of hydrogen-bond acceptors (Lipinski definition) is 2. The minimum atomic E-state index is -0.725. The molecule has 16 heavy (non-hydrogen) atoms. The van der Waals surface area contributed by atoms with Crippen molar-refractivity contribution in [3.8, 4) is 0 Å². The lowest BCUT2D eigenvalue weighted by atomic mass is 9.98. The number of benzene rings is 1. The molecule has 0 aliphatic rings. The summed E-state index contributed by atoms with van der Waals surface area (Å²) in [6.07, 6.45) is 1.05. The molecule has 0 amide bonds. The van der Waals surface area contributed by atoms with E-state index in [2.05, 4.69) is 24.3 Å². The fraction of sp³-hybridized carbons (Fsp3) is 0.462. The first-order valence-electron chi connectivity index (χ1n) is 5.47. The lowest BCUT2D eigenvalue weighted by Crippen LogP contribution is -2.09. The Hall–Kier alpha value is -1.51. The predicted molar refractivity (Wildman–Crippen MR) is 65.9 cm³/mol. The van der Waals surface area contributed by atoms with Crippen LogP contribution in [0.25, 0.3) is 0 Å². The van der Waals surface area contributed by atoms with Crippen molar-refractivity contribution in [1.29, 1.82) is 0 Å². The molecule has 0 saturated carbocycles. The van der Waals surface area contributed by atoms with E-state index in [1.54, 1.807) is 0 Å². The zero-order valence-corrected chi connectivity index (χ0v) is 10.1. The number of carboxylic acids is 1. The fourth-order valence-electron chi connectivity index (χ4n) is 1.70. The molecule has 1 unspecified atom stereocenters. The number of carbonyl (C=O) groups is 1. The highest BCUT2D eigenvalue weighted by Gasteiger charge is 2.08. The lowest BCUT2D eigenvalue weighted by molar-refractivity contribution is -0.137. The van der Waals surface area contributed by atoms with Crippen LogP contribution in [0, 0.1) is 5.92 Å². The topological polar surface area (TPSA) is 40.5 Å². The molecule has 3 nitrogen and oxygen atoms in total. The minimum Gasteiger partial charge on any atom is -0.481 e. The van der Waals surface area contributed by atoms with Crippen molar-refractivity contribution >= 4 is 11.7 Å². The smallest absolute Gasteiger partial charge is 0.303 e. The van der Waals surface area contributed by atoms with Crippen molar-refractivity contribution in [3.05, 3.63) is 29.8 Å². The summed E-state index contributed by atoms with van der Waals surface area (Å²) in [4.78, 5) is 12.6. The average Bonchev–Trinajstić information content (AvgIpc) is 2.16. The van der Waals surface area contributed by atoms with Gasteiger partial charge in [0.05, 0.1) is 0 Å². The van der Waals surface area contributed by atoms with E-state index in [1.165, 1.54) is 5.56 Å². The monoisotopic (exact) mass is 221 g/mol. The van der Waals surface area contributed by atoms with Crippen LogP contribution in [0.15, 0.2) is 24.3 Å². The number of nitrogens with zero attached hydrogens (tertiary/aromatic N) is 1. The van der Waals surface area contributed by atoms with Crippen molar-refractivity contribution in [1.82, 2.24) is 0 Å². The summed E-state index contributed by atoms with van der Waals surface area (Å²) in [6, 6.07) is 8.24. The van der Waals surface area contributed by atoms with Crippen molar-refractivity contribution in [2.75, 3.05) is 19.0 Å². The summed E-state index contributed by atoms with van der Waals surface area (Å²) in [5.74, 6) is -0.542. The van der Waals surface area contributed by atoms with E-state index in [9.17, 15) is 4.79 Å². The van der Waals surface area contributed by atoms with Crippen LogP contribution in [0.3, 0.4) is 0 Å². The largest absolute Gasteiger partial charge is 0.481 e. The van der Waals surface area contributed by atoms with Crippen LogP contribution in [0.4, 0.5) is 5.69 Å². The third-order valence-corrected chi connectivity index (χ3v) is 2.56. The molecule has 0 spiro atoms. The van der Waals surface area contributed by atoms with E-state index in [-0.39, 0.29) is 12.3 Å². The van der Waals surface area contributed by atoms with E-state index in [0.717, 1.165) is 12.1 Å². The van der Waals surface area contributed by atoms with E-state index >= 15 is 0 Å². The number of aliphatic carboxylic acids is 1. The third-order valence-electron chi connectivity index (χ3n) is 2.56. The first-order valence-corrected chi connectivity index (χ1v) is 5.47. The molecule has 0 fully saturated rings. The van der Waals surface area contributed by atoms with Crippen LogP contribution < -0.4 is 4.90 Å². The maximum absolute atomic E-state index is 10.5. The normalized spacial score (nSPS) is 12.2. The molecule has 0 saturated heterocycles. The maximum Gasteiger partial charge on any atom is 0.303 e. The first-order chi connectivity index (χ1) is 7.49. The second-order valence-corrected chi connectivity index (χ2v) is 4.47. The summed E-state index contributed by atoms with van der Waals surface area (Å²) in [5.41, 5.74) is 2.36. The van der Waals surface area contributed by atoms with Gasteiger partial charge in [0.1, 0.15) is 0 Å². The van der Waals surface area contributed by atoms with Crippen LogP contribution in [-0.2, 0) is 11.2 Å². The molecule has 88 valence electrons. The second kappa shape index (κ2) is 5.54. The highest BCUT2D eigenvalue weighted by Crippen LogP contribution is 2.16. The van der Waals surface area contributed by atoms with Gasteiger partial charge in [-0.1, -0.05) is 19.1 Å². The SMILES string of the molecule is CC(CC(=O)O)Cc1ccc(N(C)C)cc1. The Bertz CT molecular complexity index is 343. The summed E-state index contributed by atoms with van der Waals surface area (Å²) >= 11 is 0. The van der Waals surface area contributed by atoms with E-state index < -0.39 is 5.97 Å². The zero-order valence-electron chi connectivity index (χ0n) is 10.1. The van der Waals surface area contributed by atoms with Gasteiger partial charge in [-0.05, 0) is 30.0 Å². The van der Waals surface area contributed by atoms with E-state index in [1.807, 2.05) is 25.9 Å². The molecule has 1 aromatic rings. The summed E-state index contributed by atoms with van der Waals surface area (Å²) in [7, 11) is 4.00. The van der Waals surface area contributed by atoms with Crippen LogP contribution >= 0.6 is 0 Å². The Balaban J connectivity index is 2.58. The number of rotatable bonds is 5. The second-order valence-electron chi connectivity index (χ2n) is 4.47. The maximum atomic E-state index is 10.5. The predicted octanol–water partition coefficient (Wildman–Crippen LogP) is 2.41. The van der Waals surface area contributed by atoms with E-state index in [0.29, 0.717) is 0 Å². The van der Waals surface area contributed by atoms with Gasteiger partial charge in [-0.3, -0.25) is 4.79 Å². The number of hydrogen-bond donors (Lipinski definition) is 1. The molecule has 1 atom stereocenters. The number of carboxylic acid groups (broad SMARTS) is 1. The Morgan fingerprint density at radius 3 is 2.31 bits per heavy atom. The Labute approximate surface area is 96.7 Å². The molecule has 0 heterocycles. The van der Waals surface area contributed by atoms with Gasteiger partial charge < -0.3 is 10.0 Å². The van der Waals surface area contributed by atoms with Gasteiger partial charge in [0, 0.05) is 26.2 Å². The lowest BCUT2D eigenvalue weighted by Gasteiger charge is -2.13. The fourth-order valence-corrected chi connectivity index (χ4v) is 1.70. The van der Waals surface area contributed by atoms with Gasteiger partial charge in [-0.2, -0.15) is 0 Å². The average molecular weight is 221 g/mol.